The van der Waals surface area contributed by atoms with Gasteiger partial charge in [-0.05, 0) is 47.7 Å². The Labute approximate surface area is 122 Å². The molecule has 0 amide bonds. The van der Waals surface area contributed by atoms with Crippen LogP contribution < -0.4 is 4.90 Å². The highest BCUT2D eigenvalue weighted by atomic mass is 19.2. The standard InChI is InChI=1S/C17H17F2NO/c1-20-8-2-3-11-9-12(5-7-16(11)20)17(21)13-4-6-14(18)15(19)10-13/h4-7,9-10,17,21H,2-3,8H2,1H3. The number of benzene rings is 2. The van der Waals surface area contributed by atoms with Gasteiger partial charge < -0.3 is 10.0 Å². The lowest BCUT2D eigenvalue weighted by Gasteiger charge is -2.28. The Bertz CT molecular complexity index is 672. The van der Waals surface area contributed by atoms with Crippen LogP contribution in [0.4, 0.5) is 14.5 Å². The molecule has 0 radical (unpaired) electrons. The van der Waals surface area contributed by atoms with Gasteiger partial charge in [-0.15, -0.1) is 0 Å². The van der Waals surface area contributed by atoms with Gasteiger partial charge in [0.2, 0.25) is 0 Å². The molecule has 0 aliphatic carbocycles. The van der Waals surface area contributed by atoms with Crippen molar-refractivity contribution >= 4 is 5.69 Å². The smallest absolute Gasteiger partial charge is 0.159 e. The van der Waals surface area contributed by atoms with Crippen molar-refractivity contribution in [2.45, 2.75) is 18.9 Å². The maximum Gasteiger partial charge on any atom is 0.159 e. The maximum atomic E-state index is 13.3. The largest absolute Gasteiger partial charge is 0.384 e. The monoisotopic (exact) mass is 289 g/mol. The number of fused-ring (bicyclic) bond motifs is 1. The molecule has 1 atom stereocenters. The molecule has 4 heteroatoms. The molecule has 1 aliphatic rings. The molecule has 3 rings (SSSR count). The van der Waals surface area contributed by atoms with E-state index in [0.717, 1.165) is 31.5 Å². The number of aliphatic hydroxyl groups is 1. The third-order valence-corrected chi connectivity index (χ3v) is 4.03. The van der Waals surface area contributed by atoms with E-state index in [2.05, 4.69) is 4.90 Å². The van der Waals surface area contributed by atoms with E-state index in [0.29, 0.717) is 11.1 Å². The van der Waals surface area contributed by atoms with Crippen LogP contribution in [0.5, 0.6) is 0 Å². The van der Waals surface area contributed by atoms with Crippen molar-refractivity contribution in [3.63, 3.8) is 0 Å². The van der Waals surface area contributed by atoms with Crippen molar-refractivity contribution in [2.75, 3.05) is 18.5 Å². The molecule has 2 aromatic rings. The topological polar surface area (TPSA) is 23.5 Å². The Morgan fingerprint density at radius 2 is 1.76 bits per heavy atom. The second-order valence-electron chi connectivity index (χ2n) is 5.49. The number of nitrogens with zero attached hydrogens (tertiary/aromatic N) is 1. The van der Waals surface area contributed by atoms with Gasteiger partial charge in [0.15, 0.2) is 11.6 Å². The SMILES string of the molecule is CN1CCCc2cc(C(O)c3ccc(F)c(F)c3)ccc21. The Morgan fingerprint density at radius 3 is 2.52 bits per heavy atom. The van der Waals surface area contributed by atoms with Crippen LogP contribution in [0.25, 0.3) is 0 Å². The van der Waals surface area contributed by atoms with Crippen molar-refractivity contribution in [1.29, 1.82) is 0 Å². The predicted octanol–water partition coefficient (Wildman–Crippen LogP) is 3.43. The second kappa shape index (κ2) is 5.45. The molecule has 110 valence electrons. The van der Waals surface area contributed by atoms with E-state index in [4.69, 9.17) is 0 Å². The number of rotatable bonds is 2. The van der Waals surface area contributed by atoms with Gasteiger partial charge >= 0.3 is 0 Å². The highest BCUT2D eigenvalue weighted by Gasteiger charge is 2.18. The van der Waals surface area contributed by atoms with Gasteiger partial charge in [0, 0.05) is 19.3 Å². The van der Waals surface area contributed by atoms with E-state index in [1.54, 1.807) is 0 Å². The molecule has 2 nitrogen and oxygen atoms in total. The van der Waals surface area contributed by atoms with E-state index in [-0.39, 0.29) is 0 Å². The molecule has 0 bridgehead atoms. The molecular weight excluding hydrogens is 272 g/mol. The summed E-state index contributed by atoms with van der Waals surface area (Å²) in [4.78, 5) is 2.19. The highest BCUT2D eigenvalue weighted by molar-refractivity contribution is 5.57. The first-order valence-electron chi connectivity index (χ1n) is 7.03. The summed E-state index contributed by atoms with van der Waals surface area (Å²) < 4.78 is 26.3. The van der Waals surface area contributed by atoms with Crippen LogP contribution in [0.2, 0.25) is 0 Å². The minimum atomic E-state index is -0.947. The Hall–Kier alpha value is -1.94. The molecule has 0 saturated heterocycles. The van der Waals surface area contributed by atoms with E-state index in [1.165, 1.54) is 17.3 Å². The molecular formula is C17H17F2NO. The summed E-state index contributed by atoms with van der Waals surface area (Å²) in [6.45, 7) is 1.03. The van der Waals surface area contributed by atoms with Gasteiger partial charge in [-0.3, -0.25) is 0 Å². The number of halogens is 2. The quantitative estimate of drug-likeness (QED) is 0.915. The summed E-state index contributed by atoms with van der Waals surface area (Å²) in [5, 5.41) is 10.4. The molecule has 1 heterocycles. The molecule has 21 heavy (non-hydrogen) atoms. The zero-order chi connectivity index (χ0) is 15.0. The van der Waals surface area contributed by atoms with Crippen molar-refractivity contribution in [2.24, 2.45) is 0 Å². The lowest BCUT2D eigenvalue weighted by atomic mass is 9.95. The van der Waals surface area contributed by atoms with Crippen LogP contribution in [0, 0.1) is 11.6 Å². The van der Waals surface area contributed by atoms with Gasteiger partial charge in [-0.25, -0.2) is 8.78 Å². The Balaban J connectivity index is 1.94. The number of hydrogen-bond donors (Lipinski definition) is 1. The number of aryl methyl sites for hydroxylation is 1. The molecule has 0 saturated carbocycles. The molecule has 2 aromatic carbocycles. The van der Waals surface area contributed by atoms with E-state index < -0.39 is 17.7 Å². The minimum absolute atomic E-state index is 0.359. The fraction of sp³-hybridized carbons (Fsp3) is 0.294. The minimum Gasteiger partial charge on any atom is -0.384 e. The van der Waals surface area contributed by atoms with Gasteiger partial charge in [0.05, 0.1) is 0 Å². The summed E-state index contributed by atoms with van der Waals surface area (Å²) >= 11 is 0. The van der Waals surface area contributed by atoms with E-state index >= 15 is 0 Å². The second-order valence-corrected chi connectivity index (χ2v) is 5.49. The first-order chi connectivity index (χ1) is 10.1. The summed E-state index contributed by atoms with van der Waals surface area (Å²) in [5.41, 5.74) is 3.42. The summed E-state index contributed by atoms with van der Waals surface area (Å²) in [6.07, 6.45) is 1.10. The predicted molar refractivity (Wildman–Crippen MR) is 78.5 cm³/mol. The third kappa shape index (κ3) is 2.63. The fourth-order valence-corrected chi connectivity index (χ4v) is 2.85. The summed E-state index contributed by atoms with van der Waals surface area (Å²) in [5.74, 6) is -1.85. The lowest BCUT2D eigenvalue weighted by Crippen LogP contribution is -2.24. The number of aliphatic hydroxyl groups excluding tert-OH is 1. The third-order valence-electron chi connectivity index (χ3n) is 4.03. The van der Waals surface area contributed by atoms with Crippen molar-refractivity contribution in [3.05, 3.63) is 64.7 Å². The zero-order valence-corrected chi connectivity index (χ0v) is 11.8. The summed E-state index contributed by atoms with van der Waals surface area (Å²) in [6, 6.07) is 9.27. The molecule has 1 unspecified atom stereocenters. The van der Waals surface area contributed by atoms with Crippen LogP contribution >= 0.6 is 0 Å². The van der Waals surface area contributed by atoms with Gasteiger partial charge in [-0.2, -0.15) is 0 Å². The number of anilines is 1. The molecule has 1 aliphatic heterocycles. The lowest BCUT2D eigenvalue weighted by molar-refractivity contribution is 0.219. The zero-order valence-electron chi connectivity index (χ0n) is 11.8. The van der Waals surface area contributed by atoms with Crippen molar-refractivity contribution in [1.82, 2.24) is 0 Å². The number of hydrogen-bond acceptors (Lipinski definition) is 2. The van der Waals surface area contributed by atoms with Crippen LogP contribution in [-0.4, -0.2) is 18.7 Å². The summed E-state index contributed by atoms with van der Waals surface area (Å²) in [7, 11) is 2.05. The van der Waals surface area contributed by atoms with Crippen LogP contribution in [0.15, 0.2) is 36.4 Å². The first kappa shape index (κ1) is 14.0. The first-order valence-corrected chi connectivity index (χ1v) is 7.03. The van der Waals surface area contributed by atoms with Crippen molar-refractivity contribution in [3.8, 4) is 0 Å². The fourth-order valence-electron chi connectivity index (χ4n) is 2.85. The van der Waals surface area contributed by atoms with Crippen LogP contribution in [0.3, 0.4) is 0 Å². The maximum absolute atomic E-state index is 13.3. The van der Waals surface area contributed by atoms with Crippen molar-refractivity contribution < 1.29 is 13.9 Å². The molecule has 0 fully saturated rings. The average Bonchev–Trinajstić information content (AvgIpc) is 2.49. The van der Waals surface area contributed by atoms with Crippen LogP contribution in [-0.2, 0) is 6.42 Å². The van der Waals surface area contributed by atoms with Crippen LogP contribution in [0.1, 0.15) is 29.2 Å². The van der Waals surface area contributed by atoms with Gasteiger partial charge in [-0.1, -0.05) is 18.2 Å². The molecule has 0 aromatic heterocycles. The van der Waals surface area contributed by atoms with Gasteiger partial charge in [0.1, 0.15) is 6.10 Å². The Morgan fingerprint density at radius 1 is 1.05 bits per heavy atom. The molecule has 0 spiro atoms. The average molecular weight is 289 g/mol. The highest BCUT2D eigenvalue weighted by Crippen LogP contribution is 2.31. The molecule has 1 N–H and O–H groups in total. The van der Waals surface area contributed by atoms with Gasteiger partial charge in [0.25, 0.3) is 0 Å². The normalized spacial score (nSPS) is 15.7. The van der Waals surface area contributed by atoms with E-state index in [1.807, 2.05) is 25.2 Å². The Kier molecular flexibility index (Phi) is 3.64. The van der Waals surface area contributed by atoms with E-state index in [9.17, 15) is 13.9 Å².